The van der Waals surface area contributed by atoms with Crippen LogP contribution in [0.4, 0.5) is 52.7 Å². The smallest absolute Gasteiger partial charge is 0.288 e. The minimum Gasteiger partial charge on any atom is -0.288 e. The second-order valence-electron chi connectivity index (χ2n) is 3.53. The van der Waals surface area contributed by atoms with Gasteiger partial charge in [-0.05, 0) is 0 Å². The zero-order chi connectivity index (χ0) is 16.4. The molecule has 0 aromatic carbocycles. The molecule has 1 atom stereocenters. The van der Waals surface area contributed by atoms with Crippen molar-refractivity contribution >= 4 is 0 Å². The third kappa shape index (κ3) is 1.64. The van der Waals surface area contributed by atoms with Crippen LogP contribution in [-0.2, 0) is 4.74 Å². The molecule has 118 valence electrons. The van der Waals surface area contributed by atoms with Crippen LogP contribution in [0.5, 0.6) is 0 Å². The van der Waals surface area contributed by atoms with Crippen LogP contribution in [-0.4, -0.2) is 29.7 Å². The second-order valence-corrected chi connectivity index (χ2v) is 3.53. The number of rotatable bonds is 1. The van der Waals surface area contributed by atoms with E-state index in [1.807, 2.05) is 0 Å². The topological polar surface area (TPSA) is 9.23 Å². The Hall–Kier alpha value is -1.14. The van der Waals surface area contributed by atoms with Crippen molar-refractivity contribution in [3.8, 4) is 0 Å². The maximum atomic E-state index is 13.4. The van der Waals surface area contributed by atoms with Gasteiger partial charge in [-0.2, -0.15) is 43.9 Å². The van der Waals surface area contributed by atoms with Crippen molar-refractivity contribution in [3.05, 3.63) is 11.9 Å². The maximum absolute atomic E-state index is 13.4. The van der Waals surface area contributed by atoms with Crippen LogP contribution in [0.1, 0.15) is 0 Å². The Morgan fingerprint density at radius 2 is 1.10 bits per heavy atom. The van der Waals surface area contributed by atoms with Crippen molar-refractivity contribution in [1.29, 1.82) is 0 Å². The van der Waals surface area contributed by atoms with Crippen LogP contribution >= 0.6 is 0 Å². The molecule has 1 rings (SSSR count). The van der Waals surface area contributed by atoms with Gasteiger partial charge in [-0.25, -0.2) is 8.78 Å². The lowest BCUT2D eigenvalue weighted by atomic mass is 9.75. The minimum absolute atomic E-state index is 2.16. The molecule has 0 radical (unpaired) electrons. The SMILES string of the molecule is FC(F)=C(F)[C@@]1(F)C(F)(F)OC1(C(F)(F)F)C(F)(F)F. The van der Waals surface area contributed by atoms with E-state index in [1.54, 1.807) is 0 Å². The van der Waals surface area contributed by atoms with Gasteiger partial charge in [0, 0.05) is 0 Å². The average Bonchev–Trinajstić information content (AvgIpc) is 2.19. The fourth-order valence-corrected chi connectivity index (χ4v) is 1.57. The fourth-order valence-electron chi connectivity index (χ4n) is 1.57. The highest BCUT2D eigenvalue weighted by molar-refractivity contribution is 5.33. The van der Waals surface area contributed by atoms with E-state index in [1.165, 1.54) is 0 Å². The van der Waals surface area contributed by atoms with E-state index in [0.29, 0.717) is 0 Å². The molecule has 1 saturated heterocycles. The summed E-state index contributed by atoms with van der Waals surface area (Å²) < 4.78 is 150. The van der Waals surface area contributed by atoms with Crippen molar-refractivity contribution in [2.75, 3.05) is 0 Å². The van der Waals surface area contributed by atoms with Crippen molar-refractivity contribution in [3.63, 3.8) is 0 Å². The molecule has 0 spiro atoms. The highest BCUT2D eigenvalue weighted by atomic mass is 19.4. The van der Waals surface area contributed by atoms with Gasteiger partial charge in [0.05, 0.1) is 0 Å². The summed E-state index contributed by atoms with van der Waals surface area (Å²) in [5.41, 5.74) is -12.9. The van der Waals surface area contributed by atoms with E-state index < -0.39 is 41.6 Å². The largest absolute Gasteiger partial charge is 0.430 e. The fraction of sp³-hybridized carbons (Fsp3) is 0.714. The van der Waals surface area contributed by atoms with Gasteiger partial charge in [0.25, 0.3) is 0 Å². The highest BCUT2D eigenvalue weighted by Crippen LogP contribution is 2.70. The highest BCUT2D eigenvalue weighted by Gasteiger charge is 3.00. The normalized spacial score (nSPS) is 28.8. The zero-order valence-corrected chi connectivity index (χ0v) is 8.44. The average molecular weight is 328 g/mol. The molecule has 1 nitrogen and oxygen atoms in total. The summed E-state index contributed by atoms with van der Waals surface area (Å²) in [5, 5.41) is 0. The third-order valence-electron chi connectivity index (χ3n) is 2.43. The monoisotopic (exact) mass is 328 g/mol. The van der Waals surface area contributed by atoms with Crippen molar-refractivity contribution in [2.24, 2.45) is 0 Å². The first-order valence-corrected chi connectivity index (χ1v) is 4.18. The van der Waals surface area contributed by atoms with Crippen LogP contribution in [0.15, 0.2) is 11.9 Å². The lowest BCUT2D eigenvalue weighted by molar-refractivity contribution is -0.568. The Balaban J connectivity index is 3.71. The predicted octanol–water partition coefficient (Wildman–Crippen LogP) is 4.26. The Labute approximate surface area is 100 Å². The zero-order valence-electron chi connectivity index (χ0n) is 8.44. The summed E-state index contributed by atoms with van der Waals surface area (Å²) in [6.45, 7) is 0. The number of hydrogen-bond acceptors (Lipinski definition) is 1. The molecule has 0 aliphatic carbocycles. The van der Waals surface area contributed by atoms with E-state index in [-0.39, 0.29) is 0 Å². The number of alkyl halides is 9. The minimum atomic E-state index is -6.98. The first-order chi connectivity index (χ1) is 8.56. The number of hydrogen-bond donors (Lipinski definition) is 0. The molecule has 13 heteroatoms. The van der Waals surface area contributed by atoms with Crippen LogP contribution < -0.4 is 0 Å². The Kier molecular flexibility index (Phi) is 3.34. The molecular weight excluding hydrogens is 328 g/mol. The molecule has 20 heavy (non-hydrogen) atoms. The van der Waals surface area contributed by atoms with Gasteiger partial charge in [0.1, 0.15) is 0 Å². The molecule has 1 aliphatic heterocycles. The summed E-state index contributed by atoms with van der Waals surface area (Å²) >= 11 is 0. The van der Waals surface area contributed by atoms with Crippen molar-refractivity contribution in [1.82, 2.24) is 0 Å². The molecule has 0 amide bonds. The van der Waals surface area contributed by atoms with Crippen molar-refractivity contribution in [2.45, 2.75) is 29.7 Å². The van der Waals surface area contributed by atoms with Gasteiger partial charge in [0.15, 0.2) is 0 Å². The Morgan fingerprint density at radius 1 is 0.750 bits per heavy atom. The first kappa shape index (κ1) is 16.9. The molecule has 0 bridgehead atoms. The summed E-state index contributed by atoms with van der Waals surface area (Å²) in [7, 11) is 0. The number of halogens is 12. The van der Waals surface area contributed by atoms with E-state index in [9.17, 15) is 52.7 Å². The summed E-state index contributed by atoms with van der Waals surface area (Å²) in [4.78, 5) is 0. The molecule has 0 aromatic heterocycles. The third-order valence-corrected chi connectivity index (χ3v) is 2.43. The first-order valence-electron chi connectivity index (χ1n) is 4.18. The predicted molar refractivity (Wildman–Crippen MR) is 35.1 cm³/mol. The standard InChI is InChI=1S/C7F12O/c8-1(2(9)10)3(11)4(5(12,13)14,6(15,16)17)20-7(3,18)19/t3-/m0/s1. The summed E-state index contributed by atoms with van der Waals surface area (Å²) in [5.74, 6) is -4.21. The van der Waals surface area contributed by atoms with Gasteiger partial charge >= 0.3 is 35.8 Å². The molecule has 0 N–H and O–H groups in total. The molecule has 0 saturated carbocycles. The van der Waals surface area contributed by atoms with Gasteiger partial charge < -0.3 is 0 Å². The van der Waals surface area contributed by atoms with Gasteiger partial charge in [-0.15, -0.1) is 0 Å². The van der Waals surface area contributed by atoms with E-state index in [4.69, 9.17) is 0 Å². The summed E-state index contributed by atoms with van der Waals surface area (Å²) in [6, 6.07) is 0. The molecule has 0 unspecified atom stereocenters. The van der Waals surface area contributed by atoms with E-state index in [0.717, 1.165) is 0 Å². The molecule has 1 aliphatic rings. The maximum Gasteiger partial charge on any atom is 0.430 e. The molecular formula is C7F12O. The van der Waals surface area contributed by atoms with Crippen LogP contribution in [0.2, 0.25) is 0 Å². The van der Waals surface area contributed by atoms with Crippen molar-refractivity contribution < 1.29 is 57.4 Å². The second kappa shape index (κ2) is 3.95. The molecule has 1 heterocycles. The van der Waals surface area contributed by atoms with Crippen LogP contribution in [0.25, 0.3) is 0 Å². The lowest BCUT2D eigenvalue weighted by Crippen LogP contribution is -2.86. The Bertz CT molecular complexity index is 426. The summed E-state index contributed by atoms with van der Waals surface area (Å²) in [6.07, 6.45) is -24.2. The lowest BCUT2D eigenvalue weighted by Gasteiger charge is -2.56. The van der Waals surface area contributed by atoms with Crippen LogP contribution in [0, 0.1) is 0 Å². The Morgan fingerprint density at radius 3 is 1.30 bits per heavy atom. The molecule has 0 aromatic rings. The number of ether oxygens (including phenoxy) is 1. The van der Waals surface area contributed by atoms with E-state index >= 15 is 0 Å². The van der Waals surface area contributed by atoms with Gasteiger partial charge in [0.2, 0.25) is 5.83 Å². The quantitative estimate of drug-likeness (QED) is 0.654. The van der Waals surface area contributed by atoms with Crippen LogP contribution in [0.3, 0.4) is 0 Å². The van der Waals surface area contributed by atoms with Gasteiger partial charge in [-0.3, -0.25) is 4.74 Å². The molecule has 1 fully saturated rings. The van der Waals surface area contributed by atoms with E-state index in [2.05, 4.69) is 4.74 Å². The van der Waals surface area contributed by atoms with Gasteiger partial charge in [-0.1, -0.05) is 0 Å².